The van der Waals surface area contributed by atoms with Crippen LogP contribution in [0.4, 0.5) is 0 Å². The van der Waals surface area contributed by atoms with E-state index in [1.165, 1.54) is 250 Å². The molecule has 3 heteroatoms. The zero-order chi connectivity index (χ0) is 75.0. The Morgan fingerprint density at radius 3 is 0.823 bits per heavy atom. The van der Waals surface area contributed by atoms with Crippen LogP contribution in [0.25, 0.3) is 112 Å². The fourth-order valence-electron chi connectivity index (χ4n) is 27.2. The molecule has 13 aliphatic carbocycles. The van der Waals surface area contributed by atoms with Gasteiger partial charge in [0, 0.05) is 60.5 Å². The van der Waals surface area contributed by atoms with Crippen molar-refractivity contribution in [1.29, 1.82) is 0 Å². The third-order valence-corrected chi connectivity index (χ3v) is 34.6. The summed E-state index contributed by atoms with van der Waals surface area (Å²) in [7, 11) is 0. The van der Waals surface area contributed by atoms with E-state index in [0.717, 1.165) is 35.5 Å². The molecule has 12 bridgehead atoms. The number of thiophene rings is 3. The molecular weight excluding hydrogens is 1420 g/mol. The van der Waals surface area contributed by atoms with Gasteiger partial charge in [-0.05, 0) is 352 Å². The van der Waals surface area contributed by atoms with Gasteiger partial charge >= 0.3 is 0 Å². The van der Waals surface area contributed by atoms with Crippen LogP contribution in [-0.2, 0) is 45.3 Å². The van der Waals surface area contributed by atoms with E-state index in [4.69, 9.17) is 0 Å². The van der Waals surface area contributed by atoms with Crippen LogP contribution in [-0.4, -0.2) is 0 Å². The zero-order valence-corrected chi connectivity index (χ0v) is 67.5. The van der Waals surface area contributed by atoms with Crippen LogP contribution in [0, 0.1) is 35.5 Å². The maximum atomic E-state index is 3.98. The van der Waals surface area contributed by atoms with Crippen LogP contribution >= 0.6 is 34.0 Å². The van der Waals surface area contributed by atoms with Gasteiger partial charge in [-0.3, -0.25) is 0 Å². The lowest BCUT2D eigenvalue weighted by atomic mass is 9.41. The van der Waals surface area contributed by atoms with E-state index in [1.54, 1.807) is 33.4 Å². The summed E-state index contributed by atoms with van der Waals surface area (Å²) in [5, 5.41) is 8.43. The first-order valence-corrected chi connectivity index (χ1v) is 45.1. The lowest BCUT2D eigenvalue weighted by Gasteiger charge is -2.63. The number of hydrogen-bond donors (Lipinski definition) is 0. The summed E-state index contributed by atoms with van der Waals surface area (Å²) < 4.78 is 8.35. The van der Waals surface area contributed by atoms with Gasteiger partial charge in [-0.15, -0.1) is 34.0 Å². The molecule has 12 saturated carbocycles. The molecule has 0 aliphatic heterocycles. The molecule has 13 aliphatic rings. The molecule has 3 heterocycles. The standard InChI is InChI=1S/C44H38S.C36H32S.C30H28S/c1-2-28-3-13-37(14-4-28)43-23-29-19-30(24-43)26-44(25-29,27-43)38-15-9-32(10-16-38)35-11-17-41-39(21-35)40-22-36(12-18-42(40)45-41)34-8-6-31-5-7-33(31)20-34;1-2-24-7-12-29(13-8-24)35-19-25-17-26(20-35)22-36(21-25,23-35)30-14-9-27(10-15-30)28-11-16-34-32(18-28)31-5-3-4-6-33(31)37-34;1-2-20-7-9-23(10-8-20)29-15-21-13-22(16-29)18-30(17-21,19-29)24-11-12-28-26(14-24)25-5-3-4-6-27(25)31-28/h2-4,6,8-18,20-22,29-30H,1,5,7,19,23-27H2;2-16,18,25-26H,1,17,19-23H2;2-12,14,21-22H,1,13,15-19H2. The van der Waals surface area contributed by atoms with Crippen LogP contribution in [0.5, 0.6) is 0 Å². The first-order chi connectivity index (χ1) is 55.4. The second-order valence-corrected chi connectivity index (χ2v) is 41.1. The van der Waals surface area contributed by atoms with Crippen molar-refractivity contribution in [2.24, 2.45) is 35.5 Å². The van der Waals surface area contributed by atoms with Gasteiger partial charge in [-0.25, -0.2) is 0 Å². The molecule has 0 N–H and O–H groups in total. The Balaban J connectivity index is 0.000000103. The van der Waals surface area contributed by atoms with Gasteiger partial charge in [-0.2, -0.15) is 0 Å². The van der Waals surface area contributed by atoms with E-state index in [2.05, 4.69) is 281 Å². The molecule has 0 amide bonds. The second kappa shape index (κ2) is 26.3. The van der Waals surface area contributed by atoms with Gasteiger partial charge in [0.2, 0.25) is 0 Å². The SMILES string of the molecule is C=Cc1ccc(C23CC4CC(C2)CC(c2ccc(-c5ccc6sc7ccc(-c8ccc9c(c8)CC9)cc7c6c5)cc2)(C4)C3)cc1.C=Cc1ccc(C23CC4CC(C2)CC(c2ccc(-c5ccc6sc7ccccc7c6c5)cc2)(C4)C3)cc1.C=Cc1ccc(C23CC4CC(C2)CC(c2ccc5sc6ccccc6c5c2)(C4)C3)cc1. The van der Waals surface area contributed by atoms with E-state index in [0.29, 0.717) is 32.5 Å². The van der Waals surface area contributed by atoms with Gasteiger partial charge in [0.15, 0.2) is 0 Å². The lowest BCUT2D eigenvalue weighted by Crippen LogP contribution is -2.55. The summed E-state index contributed by atoms with van der Waals surface area (Å²) in [6.07, 6.45) is 33.2. The van der Waals surface area contributed by atoms with Crippen LogP contribution in [0.3, 0.4) is 0 Å². The molecule has 28 rings (SSSR count). The van der Waals surface area contributed by atoms with Crippen molar-refractivity contribution in [3.8, 4) is 33.4 Å². The minimum absolute atomic E-state index is 0.322. The first-order valence-electron chi connectivity index (χ1n) is 42.7. The molecule has 0 saturated heterocycles. The van der Waals surface area contributed by atoms with Crippen molar-refractivity contribution < 1.29 is 0 Å². The summed E-state index contributed by atoms with van der Waals surface area (Å²) in [4.78, 5) is 0. The summed E-state index contributed by atoms with van der Waals surface area (Å²) in [5.41, 5.74) is 26.3. The van der Waals surface area contributed by atoms with Crippen LogP contribution in [0.1, 0.15) is 177 Å². The van der Waals surface area contributed by atoms with Crippen molar-refractivity contribution >= 4 is 113 Å². The third kappa shape index (κ3) is 11.5. The Bertz CT molecular complexity index is 6280. The van der Waals surface area contributed by atoms with Gasteiger partial charge in [0.1, 0.15) is 0 Å². The fourth-order valence-corrected chi connectivity index (χ4v) is 30.5. The van der Waals surface area contributed by atoms with Crippen molar-refractivity contribution in [2.75, 3.05) is 0 Å². The van der Waals surface area contributed by atoms with Crippen molar-refractivity contribution in [1.82, 2.24) is 0 Å². The van der Waals surface area contributed by atoms with Crippen LogP contribution in [0.15, 0.2) is 281 Å². The number of rotatable bonds is 12. The molecule has 0 spiro atoms. The Hall–Kier alpha value is -9.48. The van der Waals surface area contributed by atoms with E-state index >= 15 is 0 Å². The Morgan fingerprint density at radius 2 is 0.487 bits per heavy atom. The maximum absolute atomic E-state index is 3.98. The van der Waals surface area contributed by atoms with E-state index in [-0.39, 0.29) is 0 Å². The number of aryl methyl sites for hydroxylation is 2. The minimum atomic E-state index is 0.322. The van der Waals surface area contributed by atoms with Crippen LogP contribution in [0.2, 0.25) is 0 Å². The molecule has 556 valence electrons. The van der Waals surface area contributed by atoms with Crippen molar-refractivity contribution in [3.63, 3.8) is 0 Å². The average Bonchev–Trinajstić information content (AvgIpc) is 1.69. The molecule has 0 radical (unpaired) electrons. The quantitative estimate of drug-likeness (QED) is 0.114. The Labute approximate surface area is 679 Å². The Kier molecular flexibility index (Phi) is 16.1. The molecule has 12 aromatic carbocycles. The minimum Gasteiger partial charge on any atom is -0.135 e. The highest BCUT2D eigenvalue weighted by Crippen LogP contribution is 2.70. The van der Waals surface area contributed by atoms with E-state index < -0.39 is 0 Å². The lowest BCUT2D eigenvalue weighted by molar-refractivity contribution is -0.0282. The van der Waals surface area contributed by atoms with E-state index in [9.17, 15) is 0 Å². The third-order valence-electron chi connectivity index (χ3n) is 31.2. The molecule has 6 unspecified atom stereocenters. The van der Waals surface area contributed by atoms with E-state index in [1.807, 2.05) is 52.2 Å². The highest BCUT2D eigenvalue weighted by atomic mass is 32.1. The normalized spacial score (nSPS) is 28.3. The molecule has 15 aromatic rings. The van der Waals surface area contributed by atoms with Gasteiger partial charge < -0.3 is 0 Å². The average molecular weight is 1520 g/mol. The first kappa shape index (κ1) is 69.1. The number of benzene rings is 12. The molecular formula is C110H98S3. The number of fused-ring (bicyclic) bond motifs is 10. The Morgan fingerprint density at radius 1 is 0.230 bits per heavy atom. The van der Waals surface area contributed by atoms with Gasteiger partial charge in [0.05, 0.1) is 0 Å². The highest BCUT2D eigenvalue weighted by Gasteiger charge is 2.61. The molecule has 12 fully saturated rings. The zero-order valence-electron chi connectivity index (χ0n) is 65.0. The molecule has 113 heavy (non-hydrogen) atoms. The summed E-state index contributed by atoms with van der Waals surface area (Å²) in [6, 6.07) is 101. The van der Waals surface area contributed by atoms with Crippen LogP contribution < -0.4 is 0 Å². The predicted molar refractivity (Wildman–Crippen MR) is 485 cm³/mol. The van der Waals surface area contributed by atoms with Gasteiger partial charge in [-0.1, -0.05) is 238 Å². The summed E-state index contributed by atoms with van der Waals surface area (Å²) >= 11 is 5.75. The van der Waals surface area contributed by atoms with Crippen molar-refractivity contribution in [3.05, 3.63) is 342 Å². The smallest absolute Gasteiger partial charge is 0.0355 e. The fraction of sp³-hybridized carbons (Fsp3) is 0.291. The highest BCUT2D eigenvalue weighted by molar-refractivity contribution is 7.26. The predicted octanol–water partition coefficient (Wildman–Crippen LogP) is 30.6. The maximum Gasteiger partial charge on any atom is 0.0355 e. The molecule has 6 atom stereocenters. The second-order valence-electron chi connectivity index (χ2n) is 37.8. The monoisotopic (exact) mass is 1510 g/mol. The largest absolute Gasteiger partial charge is 0.135 e. The molecule has 0 nitrogen and oxygen atoms in total. The molecule has 3 aromatic heterocycles. The van der Waals surface area contributed by atoms with Crippen molar-refractivity contribution in [2.45, 2.75) is 161 Å². The summed E-state index contributed by atoms with van der Waals surface area (Å²) in [6.45, 7) is 11.9. The number of hydrogen-bond acceptors (Lipinski definition) is 3. The topological polar surface area (TPSA) is 0 Å². The summed E-state index contributed by atoms with van der Waals surface area (Å²) in [5.74, 6) is 5.22. The van der Waals surface area contributed by atoms with Gasteiger partial charge in [0.25, 0.3) is 0 Å².